The zero-order valence-corrected chi connectivity index (χ0v) is 14.7. The van der Waals surface area contributed by atoms with E-state index in [0.717, 1.165) is 31.5 Å². The fourth-order valence-electron chi connectivity index (χ4n) is 3.44. The highest BCUT2D eigenvalue weighted by molar-refractivity contribution is 5.76. The molecule has 26 heavy (non-hydrogen) atoms. The Morgan fingerprint density at radius 2 is 1.92 bits per heavy atom. The molecular formula is C21H24F2N2O. The van der Waals surface area contributed by atoms with Crippen molar-refractivity contribution in [2.24, 2.45) is 5.92 Å². The van der Waals surface area contributed by atoms with Crippen LogP contribution in [0.2, 0.25) is 0 Å². The van der Waals surface area contributed by atoms with Crippen LogP contribution in [0.1, 0.15) is 36.4 Å². The van der Waals surface area contributed by atoms with Crippen molar-refractivity contribution in [3.05, 3.63) is 71.3 Å². The molecule has 0 aliphatic carbocycles. The monoisotopic (exact) mass is 358 g/mol. The minimum absolute atomic E-state index is 0.0532. The molecule has 0 bridgehead atoms. The second-order valence-corrected chi connectivity index (χ2v) is 6.91. The number of carbonyl (C=O) groups excluding carboxylic acids is 1. The number of rotatable bonds is 7. The van der Waals surface area contributed by atoms with Crippen LogP contribution in [0.15, 0.2) is 48.5 Å². The van der Waals surface area contributed by atoms with Crippen molar-refractivity contribution in [2.45, 2.75) is 31.7 Å². The lowest BCUT2D eigenvalue weighted by molar-refractivity contribution is -0.122. The maximum atomic E-state index is 13.6. The Kier molecular flexibility index (Phi) is 6.34. The van der Waals surface area contributed by atoms with Gasteiger partial charge in [-0.15, -0.1) is 0 Å². The van der Waals surface area contributed by atoms with Gasteiger partial charge >= 0.3 is 0 Å². The van der Waals surface area contributed by atoms with Crippen LogP contribution in [0.5, 0.6) is 0 Å². The molecule has 5 heteroatoms. The molecule has 2 N–H and O–H groups in total. The molecule has 1 amide bonds. The van der Waals surface area contributed by atoms with Gasteiger partial charge in [-0.25, -0.2) is 8.78 Å². The van der Waals surface area contributed by atoms with Crippen LogP contribution < -0.4 is 10.6 Å². The minimum atomic E-state index is -0.387. The van der Waals surface area contributed by atoms with E-state index in [9.17, 15) is 13.6 Å². The average Bonchev–Trinajstić information content (AvgIpc) is 3.13. The van der Waals surface area contributed by atoms with Gasteiger partial charge in [0.15, 0.2) is 0 Å². The van der Waals surface area contributed by atoms with Crippen LogP contribution in [0.25, 0.3) is 0 Å². The first kappa shape index (κ1) is 18.5. The largest absolute Gasteiger partial charge is 0.349 e. The van der Waals surface area contributed by atoms with Crippen LogP contribution in [0, 0.1) is 17.6 Å². The van der Waals surface area contributed by atoms with Gasteiger partial charge in [0.2, 0.25) is 5.91 Å². The summed E-state index contributed by atoms with van der Waals surface area (Å²) in [5.74, 6) is -0.183. The quantitative estimate of drug-likeness (QED) is 0.791. The molecule has 0 radical (unpaired) electrons. The summed E-state index contributed by atoms with van der Waals surface area (Å²) < 4.78 is 27.1. The lowest BCUT2D eigenvalue weighted by Crippen LogP contribution is -2.30. The molecule has 0 saturated carbocycles. The van der Waals surface area contributed by atoms with Crippen molar-refractivity contribution in [2.75, 3.05) is 13.1 Å². The summed E-state index contributed by atoms with van der Waals surface area (Å²) in [6, 6.07) is 12.1. The summed E-state index contributed by atoms with van der Waals surface area (Å²) in [6.07, 6.45) is 2.80. The van der Waals surface area contributed by atoms with E-state index in [1.807, 2.05) is 6.07 Å². The van der Waals surface area contributed by atoms with Crippen LogP contribution >= 0.6 is 0 Å². The Labute approximate surface area is 152 Å². The van der Waals surface area contributed by atoms with Crippen molar-refractivity contribution in [3.63, 3.8) is 0 Å². The summed E-state index contributed by atoms with van der Waals surface area (Å²) in [5.41, 5.74) is 1.45. The van der Waals surface area contributed by atoms with Gasteiger partial charge < -0.3 is 10.6 Å². The van der Waals surface area contributed by atoms with Gasteiger partial charge in [0, 0.05) is 6.42 Å². The van der Waals surface area contributed by atoms with Crippen molar-refractivity contribution in [3.8, 4) is 0 Å². The maximum Gasteiger partial charge on any atom is 0.220 e. The molecular weight excluding hydrogens is 334 g/mol. The zero-order valence-electron chi connectivity index (χ0n) is 14.7. The molecule has 3 rings (SSSR count). The molecule has 1 heterocycles. The summed E-state index contributed by atoms with van der Waals surface area (Å²) in [7, 11) is 0. The van der Waals surface area contributed by atoms with Gasteiger partial charge in [-0.3, -0.25) is 4.79 Å². The Morgan fingerprint density at radius 3 is 2.62 bits per heavy atom. The highest BCUT2D eigenvalue weighted by Crippen LogP contribution is 2.21. The van der Waals surface area contributed by atoms with Gasteiger partial charge in [-0.05, 0) is 73.7 Å². The molecule has 2 unspecified atom stereocenters. The van der Waals surface area contributed by atoms with Crippen LogP contribution in [-0.2, 0) is 11.2 Å². The number of nitrogens with one attached hydrogen (secondary N) is 2. The lowest BCUT2D eigenvalue weighted by Gasteiger charge is -2.20. The number of hydrogen-bond donors (Lipinski definition) is 2. The SMILES string of the molecule is O=C(CCC1CCNC1)NC(Cc1cccc(F)c1)c1cccc(F)c1. The van der Waals surface area contributed by atoms with Crippen molar-refractivity contribution >= 4 is 5.91 Å². The smallest absolute Gasteiger partial charge is 0.220 e. The molecule has 0 spiro atoms. The normalized spacial score (nSPS) is 17.8. The van der Waals surface area contributed by atoms with Gasteiger partial charge in [-0.2, -0.15) is 0 Å². The molecule has 2 atom stereocenters. The van der Waals surface area contributed by atoms with E-state index in [1.54, 1.807) is 18.2 Å². The second kappa shape index (κ2) is 8.90. The number of benzene rings is 2. The topological polar surface area (TPSA) is 41.1 Å². The molecule has 1 aliphatic heterocycles. The molecule has 3 nitrogen and oxygen atoms in total. The van der Waals surface area contributed by atoms with Crippen molar-refractivity contribution < 1.29 is 13.6 Å². The van der Waals surface area contributed by atoms with Gasteiger partial charge in [-0.1, -0.05) is 24.3 Å². The second-order valence-electron chi connectivity index (χ2n) is 6.91. The third kappa shape index (κ3) is 5.36. The number of carbonyl (C=O) groups is 1. The van der Waals surface area contributed by atoms with Gasteiger partial charge in [0.25, 0.3) is 0 Å². The minimum Gasteiger partial charge on any atom is -0.349 e. The first-order valence-corrected chi connectivity index (χ1v) is 9.10. The average molecular weight is 358 g/mol. The van der Waals surface area contributed by atoms with E-state index < -0.39 is 0 Å². The van der Waals surface area contributed by atoms with E-state index in [-0.39, 0.29) is 23.6 Å². The summed E-state index contributed by atoms with van der Waals surface area (Å²) >= 11 is 0. The molecule has 138 valence electrons. The molecule has 1 aliphatic rings. The Hall–Kier alpha value is -2.27. The van der Waals surface area contributed by atoms with E-state index in [1.165, 1.54) is 24.3 Å². The zero-order chi connectivity index (χ0) is 18.4. The third-order valence-corrected chi connectivity index (χ3v) is 4.86. The van der Waals surface area contributed by atoms with Crippen molar-refractivity contribution in [1.29, 1.82) is 0 Å². The van der Waals surface area contributed by atoms with E-state index in [4.69, 9.17) is 0 Å². The number of hydrogen-bond acceptors (Lipinski definition) is 2. The summed E-state index contributed by atoms with van der Waals surface area (Å²) in [4.78, 5) is 12.4. The molecule has 2 aromatic rings. The van der Waals surface area contributed by atoms with E-state index >= 15 is 0 Å². The maximum absolute atomic E-state index is 13.6. The Balaban J connectivity index is 1.68. The first-order valence-electron chi connectivity index (χ1n) is 9.10. The Bertz CT molecular complexity index is 744. The molecule has 0 aromatic heterocycles. The summed E-state index contributed by atoms with van der Waals surface area (Å²) in [5, 5.41) is 6.30. The molecule has 1 saturated heterocycles. The molecule has 1 fully saturated rings. The van der Waals surface area contributed by atoms with Crippen LogP contribution in [-0.4, -0.2) is 19.0 Å². The van der Waals surface area contributed by atoms with Crippen molar-refractivity contribution in [1.82, 2.24) is 10.6 Å². The fourth-order valence-corrected chi connectivity index (χ4v) is 3.44. The summed E-state index contributed by atoms with van der Waals surface area (Å²) in [6.45, 7) is 1.97. The molecule has 2 aromatic carbocycles. The first-order chi connectivity index (χ1) is 12.6. The number of amides is 1. The predicted octanol–water partition coefficient (Wildman–Crippen LogP) is 3.75. The highest BCUT2D eigenvalue weighted by Gasteiger charge is 2.19. The van der Waals surface area contributed by atoms with Crippen LogP contribution in [0.3, 0.4) is 0 Å². The standard InChI is InChI=1S/C21H24F2N2O/c22-18-5-1-3-16(11-18)12-20(17-4-2-6-19(23)13-17)25-21(26)8-7-15-9-10-24-14-15/h1-6,11,13,15,20,24H,7-10,12,14H2,(H,25,26). The van der Waals surface area contributed by atoms with Crippen LogP contribution in [0.4, 0.5) is 8.78 Å². The van der Waals surface area contributed by atoms with E-state index in [0.29, 0.717) is 24.3 Å². The highest BCUT2D eigenvalue weighted by atomic mass is 19.1. The number of halogens is 2. The fraction of sp³-hybridized carbons (Fsp3) is 0.381. The van der Waals surface area contributed by atoms with Gasteiger partial charge in [0.05, 0.1) is 6.04 Å². The Morgan fingerprint density at radius 1 is 1.15 bits per heavy atom. The predicted molar refractivity (Wildman–Crippen MR) is 97.6 cm³/mol. The lowest BCUT2D eigenvalue weighted by atomic mass is 9.97. The van der Waals surface area contributed by atoms with E-state index in [2.05, 4.69) is 10.6 Å². The third-order valence-electron chi connectivity index (χ3n) is 4.86. The van der Waals surface area contributed by atoms with Gasteiger partial charge in [0.1, 0.15) is 11.6 Å².